The number of aliphatic hydroxyl groups excluding tert-OH is 2. The van der Waals surface area contributed by atoms with Crippen LogP contribution in [0.4, 0.5) is 136 Å². The van der Waals surface area contributed by atoms with E-state index in [1.807, 2.05) is 6.07 Å². The average molecular weight is 1930 g/mol. The number of nitrogens with zero attached hydrogens (tertiary/aromatic N) is 4. The fraction of sp³-hybridized carbons (Fsp3) is 0.391. The number of hydrogen-bond acceptors (Lipinski definition) is 14. The zero-order chi connectivity index (χ0) is 86.5. The predicted octanol–water partition coefficient (Wildman–Crippen LogP) is 11.7. The number of Topliss-reactive ketones (excluding diaryl/α,β-unsaturated/α-hetero) is 1. The minimum Gasteiger partial charge on any atom is -0.390 e. The summed E-state index contributed by atoms with van der Waals surface area (Å²) in [6, 6.07) is -3.92. The van der Waals surface area contributed by atoms with Crippen LogP contribution in [0.3, 0.4) is 0 Å². The number of aliphatic hydroxyl groups is 2. The number of ketones is 1. The number of carbonyl (C=O) groups excluding carboxylic acids is 6. The summed E-state index contributed by atoms with van der Waals surface area (Å²) in [6.07, 6.45) is -22.4. The maximum absolute atomic E-state index is 14.1. The quantitative estimate of drug-likeness (QED) is 0.0190. The van der Waals surface area contributed by atoms with Gasteiger partial charge in [0, 0.05) is 115 Å². The Morgan fingerprint density at radius 2 is 0.708 bits per heavy atom. The normalized spacial score (nSPS) is 15.2. The van der Waals surface area contributed by atoms with E-state index in [9.17, 15) is 147 Å². The van der Waals surface area contributed by atoms with Crippen LogP contribution in [-0.4, -0.2) is 180 Å². The molecule has 5 atom stereocenters. The number of halogens is 29. The molecule has 0 aromatic heterocycles. The van der Waals surface area contributed by atoms with Gasteiger partial charge >= 0.3 is 30.9 Å². The van der Waals surface area contributed by atoms with Crippen molar-refractivity contribution in [1.82, 2.24) is 26.6 Å². The summed E-state index contributed by atoms with van der Waals surface area (Å²) in [5.74, 6) is -20.3. The topological polar surface area (TPSA) is 263 Å². The van der Waals surface area contributed by atoms with Crippen LogP contribution in [0.15, 0.2) is 72.3 Å². The van der Waals surface area contributed by atoms with Gasteiger partial charge in [-0.05, 0) is 83.5 Å². The number of hydrogen-bond donors (Lipinski definition) is 8. The molecule has 4 amide bonds. The Morgan fingerprint density at radius 3 is 0.938 bits per heavy atom. The van der Waals surface area contributed by atoms with Crippen LogP contribution in [0, 0.1) is 112 Å². The van der Waals surface area contributed by atoms with E-state index in [1.54, 1.807) is 16.0 Å². The Hall–Kier alpha value is -8.40. The molecule has 4 heterocycles. The number of allylic oxidation sites excluding steroid dienone is 1. The van der Waals surface area contributed by atoms with Crippen molar-refractivity contribution in [3.05, 3.63) is 170 Å². The summed E-state index contributed by atoms with van der Waals surface area (Å²) >= 11 is 4.86. The van der Waals surface area contributed by atoms with Crippen molar-refractivity contribution in [2.45, 2.75) is 108 Å². The molecule has 49 heteroatoms. The Bertz CT molecular complexity index is 4200. The third kappa shape index (κ3) is 32.1. The number of nitrogens with one attached hydrogen (secondary N) is 5. The fourth-order valence-electron chi connectivity index (χ4n) is 7.92. The molecule has 4 aliphatic heterocycles. The van der Waals surface area contributed by atoms with Crippen molar-refractivity contribution in [1.29, 1.82) is 6.60 Å². The van der Waals surface area contributed by atoms with Crippen molar-refractivity contribution in [3.63, 3.8) is 0 Å². The van der Waals surface area contributed by atoms with Gasteiger partial charge in [-0.3, -0.25) is 28.8 Å². The van der Waals surface area contributed by atoms with Crippen LogP contribution >= 0.6 is 24.0 Å². The molecular formula is C64H60BCl2F27N10O8U. The summed E-state index contributed by atoms with van der Waals surface area (Å²) in [7, 11) is 3.75. The molecule has 0 spiro atoms. The second-order valence-corrected chi connectivity index (χ2v) is 23.8. The molecule has 5 aromatic carbocycles. The number of carbonyl (C=O) groups is 6. The number of nitrogens with two attached hydrogens (primary N) is 1. The summed E-state index contributed by atoms with van der Waals surface area (Å²) in [6.45, 7) is 5.76. The maximum atomic E-state index is 14.1. The zero-order valence-electron chi connectivity index (χ0n) is 58.8. The standard InChI is InChI=1S/C15H12F5N3O.C13H13F5N2O2.C13H11F5N2O2.C10H7F6NO.C7H2ClF3O.C3H6F3N.C3H7NO.BH.ClH.U/c1-8(15(18,19)20)22-14(24)10-4-12(17)13(5-11(10)16)23-6-9(7-23)2-3-21;2*1-6(13(16,17)18)19-12(22)8-2-10(15)11(3-9(8)14)20-4-7(21)5-20;1-4(10(14,15)16)17-9(18)5-2-7(12)8(13)3-6(5)11;8-7(12)3-1-5(10)6(11)2-4(3)9;1-2(7)3(4,5)6;5-3-1-4-2-3;;;/h2,4-5,8H,6-7H2,1H3,(H,22,24);2-3,6-7,21H,4-5H2,1H3,(H,19,22);2-3,6H,4-5H2,1H3,(H,19,22);2-4H,1H3,(H,17,18);1-2H;2H,7H2,1H3;3-5H,1-2H2;2*1H;/t8-;2*6-;4-;;2-;;;;/m0000.0..../s1/i;;;;;;;1D;;. The van der Waals surface area contributed by atoms with Crippen LogP contribution in [-0.2, 0) is 4.79 Å². The molecule has 4 saturated heterocycles. The molecule has 113 heavy (non-hydrogen) atoms. The van der Waals surface area contributed by atoms with Crippen molar-refractivity contribution in [2.75, 3.05) is 67.1 Å². The van der Waals surface area contributed by atoms with E-state index >= 15 is 0 Å². The first kappa shape index (κ1) is 103. The number of amides is 4. The molecule has 5 aromatic rings. The largest absolute Gasteiger partial charge is 0.408 e. The van der Waals surface area contributed by atoms with Gasteiger partial charge in [0.2, 0.25) is 0 Å². The molecular weight excluding hydrogens is 1870 g/mol. The minimum absolute atomic E-state index is 0. The van der Waals surface area contributed by atoms with Crippen LogP contribution in [0.25, 0.3) is 0 Å². The molecule has 4 aliphatic rings. The average Bonchev–Trinajstić information content (AvgIpc) is 0.798. The molecule has 18 nitrogen and oxygen atoms in total. The van der Waals surface area contributed by atoms with Crippen molar-refractivity contribution in [2.24, 2.45) is 5.73 Å². The molecule has 0 bridgehead atoms. The second-order valence-electron chi connectivity index (χ2n) is 23.4. The van der Waals surface area contributed by atoms with Crippen LogP contribution in [0.1, 0.15) is 86.4 Å². The molecule has 0 aliphatic carbocycles. The van der Waals surface area contributed by atoms with E-state index < -0.39 is 194 Å². The van der Waals surface area contributed by atoms with Gasteiger partial charge in [0.1, 0.15) is 70.7 Å². The van der Waals surface area contributed by atoms with Gasteiger partial charge in [0.15, 0.2) is 29.1 Å². The van der Waals surface area contributed by atoms with Crippen molar-refractivity contribution < 1.29 is 189 Å². The molecule has 624 valence electrons. The van der Waals surface area contributed by atoms with Crippen LogP contribution in [0.5, 0.6) is 0 Å². The van der Waals surface area contributed by atoms with E-state index in [0.717, 1.165) is 37.7 Å². The smallest absolute Gasteiger partial charge is 0.390 e. The number of nitriles is 1. The van der Waals surface area contributed by atoms with E-state index in [1.165, 1.54) is 26.1 Å². The first-order valence-corrected chi connectivity index (χ1v) is 30.9. The van der Waals surface area contributed by atoms with E-state index in [0.29, 0.717) is 58.0 Å². The van der Waals surface area contributed by atoms with Gasteiger partial charge in [-0.1, -0.05) is 0 Å². The van der Waals surface area contributed by atoms with Crippen LogP contribution < -0.4 is 47.0 Å². The van der Waals surface area contributed by atoms with Gasteiger partial charge in [-0.2, -0.15) is 71.1 Å². The van der Waals surface area contributed by atoms with Gasteiger partial charge in [0.05, 0.1) is 82.3 Å². The molecule has 9 N–H and O–H groups in total. The zero-order valence-corrected chi connectivity index (χ0v) is 63.6. The van der Waals surface area contributed by atoms with E-state index in [4.69, 9.17) is 28.4 Å². The number of anilines is 3. The van der Waals surface area contributed by atoms with Gasteiger partial charge in [0.25, 0.3) is 28.9 Å². The molecule has 0 saturated carbocycles. The first-order chi connectivity index (χ1) is 51.3. The minimum atomic E-state index is -4.72. The van der Waals surface area contributed by atoms with Crippen LogP contribution in [0.2, 0.25) is 0 Å². The number of alkyl halides is 15. The Morgan fingerprint density at radius 1 is 0.469 bits per heavy atom. The molecule has 9 rings (SSSR count). The number of β-amino-alcohol motifs (C(OH)–C–C–N with tert-alkyl or cyclic N) is 2. The van der Waals surface area contributed by atoms with Crippen molar-refractivity contribution in [3.8, 4) is 6.07 Å². The first-order valence-electron chi connectivity index (χ1n) is 31.1. The van der Waals surface area contributed by atoms with Gasteiger partial charge < -0.3 is 57.2 Å². The summed E-state index contributed by atoms with van der Waals surface area (Å²) in [5.41, 5.74) is 0.589. The number of benzene rings is 5. The van der Waals surface area contributed by atoms with E-state index in [2.05, 4.69) is 19.4 Å². The number of rotatable bonds is 12. The third-order valence-electron chi connectivity index (χ3n) is 14.6. The van der Waals surface area contributed by atoms with Crippen molar-refractivity contribution >= 4 is 84.1 Å². The molecule has 2 radical (unpaired) electrons. The summed E-state index contributed by atoms with van der Waals surface area (Å²) in [4.78, 5) is 71.4. The second kappa shape index (κ2) is 43.9. The summed E-state index contributed by atoms with van der Waals surface area (Å²) in [5, 5.41) is 33.9. The predicted molar refractivity (Wildman–Crippen MR) is 348 cm³/mol. The Balaban J connectivity index is 0.00000135. The van der Waals surface area contributed by atoms with E-state index in [-0.39, 0.29) is 130 Å². The van der Waals surface area contributed by atoms with Gasteiger partial charge in [-0.15, -0.1) is 12.4 Å². The fourth-order valence-corrected chi connectivity index (χ4v) is 8.07. The Kier molecular flexibility index (Phi) is 39.9. The maximum Gasteiger partial charge on any atom is 0.408 e. The van der Waals surface area contributed by atoms with Gasteiger partial charge in [-0.25, -0.2) is 52.7 Å². The monoisotopic (exact) mass is 1930 g/mol. The third-order valence-corrected chi connectivity index (χ3v) is 14.8. The summed E-state index contributed by atoms with van der Waals surface area (Å²) < 4.78 is 345. The Labute approximate surface area is 659 Å². The molecule has 0 unspecified atom stereocenters. The SMILES string of the molecule is C[C@H](N)C(F)(F)F.C[C@H](NC(=O)c1cc(F)c(F)cc1F)C(F)(F)F.C[C@H](NC(=O)c1cc(F)c(N2CC(=CC#N)C2)cc1F)C(F)(F)F.C[C@H](NC(=O)c1cc(F)c(N2CC(=O)C2)cc1F)C(F)(F)F.C[C@H](NC(=O)c1cc(F)c(N2CC(O)C2)cc1F)C(F)(F)F.Cl.O=C(Cl)c1cc(F)c(F)cc1F.OC1CNC1.[2H][B].[U]. The molecule has 4 fully saturated rings.